The van der Waals surface area contributed by atoms with E-state index < -0.39 is 17.3 Å². The lowest BCUT2D eigenvalue weighted by molar-refractivity contribution is 0.146. The zero-order valence-corrected chi connectivity index (χ0v) is 18.9. The van der Waals surface area contributed by atoms with Gasteiger partial charge in [-0.25, -0.2) is 9.59 Å². The second kappa shape index (κ2) is 10.6. The number of rotatable bonds is 6. The summed E-state index contributed by atoms with van der Waals surface area (Å²) in [6, 6.07) is 1.31. The zero-order chi connectivity index (χ0) is 23.2. The van der Waals surface area contributed by atoms with Crippen LogP contribution in [0.1, 0.15) is 70.3 Å². The minimum Gasteiger partial charge on any atom is -0.450 e. The minimum absolute atomic E-state index is 0.0264. The smallest absolute Gasteiger partial charge is 0.407 e. The topological polar surface area (TPSA) is 136 Å². The molecule has 10 heteroatoms. The number of aromatic amines is 1. The van der Waals surface area contributed by atoms with E-state index in [1.165, 1.54) is 25.3 Å². The van der Waals surface area contributed by atoms with Gasteiger partial charge in [0.15, 0.2) is 0 Å². The monoisotopic (exact) mass is 458 g/mol. The molecule has 0 aliphatic heterocycles. The van der Waals surface area contributed by atoms with Gasteiger partial charge in [-0.3, -0.25) is 9.78 Å². The molecule has 0 aromatic carbocycles. The van der Waals surface area contributed by atoms with E-state index in [9.17, 15) is 14.4 Å². The molecule has 10 nitrogen and oxygen atoms in total. The molecule has 0 spiro atoms. The predicted octanol–water partition coefficient (Wildman–Crippen LogP) is 3.42. The van der Waals surface area contributed by atoms with Gasteiger partial charge in [-0.1, -0.05) is 37.3 Å². The Morgan fingerprint density at radius 2 is 1.97 bits per heavy atom. The molecule has 0 bridgehead atoms. The van der Waals surface area contributed by atoms with Crippen LogP contribution < -0.4 is 21.3 Å². The van der Waals surface area contributed by atoms with E-state index in [2.05, 4.69) is 20.4 Å². The predicted molar refractivity (Wildman–Crippen MR) is 122 cm³/mol. The number of hydrogen-bond donors (Lipinski definition) is 2. The second-order valence-corrected chi connectivity index (χ2v) is 8.74. The van der Waals surface area contributed by atoms with E-state index in [1.807, 2.05) is 0 Å². The molecule has 0 saturated heterocycles. The first-order valence-electron chi connectivity index (χ1n) is 11.7. The Balaban J connectivity index is 1.44. The van der Waals surface area contributed by atoms with Gasteiger partial charge in [0.25, 0.3) is 5.56 Å². The summed E-state index contributed by atoms with van der Waals surface area (Å²) in [4.78, 5) is 48.6. The highest BCUT2D eigenvalue weighted by atomic mass is 16.6. The lowest BCUT2D eigenvalue weighted by Gasteiger charge is -2.23. The third-order valence-corrected chi connectivity index (χ3v) is 6.33. The van der Waals surface area contributed by atoms with E-state index in [0.29, 0.717) is 55.6 Å². The highest BCUT2D eigenvalue weighted by Crippen LogP contribution is 2.28. The molecule has 2 aromatic heterocycles. The summed E-state index contributed by atoms with van der Waals surface area (Å²) in [5.74, 6) is 0.457. The van der Waals surface area contributed by atoms with Gasteiger partial charge >= 0.3 is 17.7 Å². The van der Waals surface area contributed by atoms with Crippen molar-refractivity contribution in [1.29, 1.82) is 0 Å². The van der Waals surface area contributed by atoms with Crippen molar-refractivity contribution in [3.05, 3.63) is 32.4 Å². The summed E-state index contributed by atoms with van der Waals surface area (Å²) >= 11 is 0. The van der Waals surface area contributed by atoms with Crippen LogP contribution in [0.2, 0.25) is 0 Å². The van der Waals surface area contributed by atoms with Gasteiger partial charge in [-0.05, 0) is 50.5 Å². The number of carbonyl (C=O) groups is 1. The van der Waals surface area contributed by atoms with Crippen molar-refractivity contribution in [1.82, 2.24) is 15.3 Å². The van der Waals surface area contributed by atoms with Crippen molar-refractivity contribution in [3.8, 4) is 6.01 Å². The Morgan fingerprint density at radius 3 is 2.70 bits per heavy atom. The number of nitrogens with one attached hydrogen (secondary N) is 2. The number of ether oxygens (including phenoxy) is 1. The molecular formula is C23H30N4O6. The molecule has 2 saturated carbocycles. The number of alkyl carbamates (subject to hydrolysis) is 1. The zero-order valence-electron chi connectivity index (χ0n) is 18.9. The Hall–Kier alpha value is -3.17. The molecule has 2 fully saturated rings. The fourth-order valence-corrected chi connectivity index (χ4v) is 4.67. The standard InChI is InChI=1S/C23H30N4O6/c1-2-31-23(30)24-16-8-10-17(11-9-16)27-33-22-25-20(29)19-15(12-14-6-4-3-5-7-14)13-18(28)32-21(19)26-22/h13-14,16H,2-12H2,1H3,(H,24,30)(H,25,26,29). The molecule has 2 N–H and O–H groups in total. The van der Waals surface area contributed by atoms with Gasteiger partial charge in [0, 0.05) is 12.1 Å². The van der Waals surface area contributed by atoms with Crippen molar-refractivity contribution in [2.24, 2.45) is 11.1 Å². The molecule has 178 valence electrons. The number of aromatic nitrogens is 2. The number of hydrogen-bond acceptors (Lipinski definition) is 8. The molecule has 4 rings (SSSR count). The van der Waals surface area contributed by atoms with Crippen molar-refractivity contribution < 1.29 is 18.8 Å². The SMILES string of the molecule is CCOC(=O)NC1CCC(=NOc2nc3oc(=O)cc(CC4CCCCC4)c3c(=O)[nH]2)CC1. The normalized spacial score (nSPS) is 19.3. The minimum atomic E-state index is -0.531. The van der Waals surface area contributed by atoms with Crippen LogP contribution >= 0.6 is 0 Å². The summed E-state index contributed by atoms with van der Waals surface area (Å²) in [7, 11) is 0. The van der Waals surface area contributed by atoms with Gasteiger partial charge < -0.3 is 19.3 Å². The van der Waals surface area contributed by atoms with Crippen LogP contribution in [0, 0.1) is 5.92 Å². The first-order valence-corrected chi connectivity index (χ1v) is 11.7. The summed E-state index contributed by atoms with van der Waals surface area (Å²) < 4.78 is 10.1. The Kier molecular flexibility index (Phi) is 7.41. The fourth-order valence-electron chi connectivity index (χ4n) is 4.67. The van der Waals surface area contributed by atoms with Crippen LogP contribution in [0.3, 0.4) is 0 Å². The van der Waals surface area contributed by atoms with Crippen LogP contribution in [0.5, 0.6) is 6.01 Å². The largest absolute Gasteiger partial charge is 0.450 e. The van der Waals surface area contributed by atoms with Crippen molar-refractivity contribution >= 4 is 22.9 Å². The molecule has 2 aromatic rings. The Bertz CT molecular complexity index is 1120. The number of H-pyrrole nitrogens is 1. The van der Waals surface area contributed by atoms with Crippen LogP contribution in [0.15, 0.2) is 25.2 Å². The van der Waals surface area contributed by atoms with Gasteiger partial charge in [0.05, 0.1) is 12.3 Å². The molecule has 0 atom stereocenters. The van der Waals surface area contributed by atoms with Crippen molar-refractivity contribution in [2.75, 3.05) is 6.61 Å². The number of oxime groups is 1. The molecule has 2 aliphatic rings. The van der Waals surface area contributed by atoms with Crippen molar-refractivity contribution in [3.63, 3.8) is 0 Å². The lowest BCUT2D eigenvalue weighted by atomic mass is 9.84. The van der Waals surface area contributed by atoms with E-state index >= 15 is 0 Å². The molecule has 0 unspecified atom stereocenters. The third-order valence-electron chi connectivity index (χ3n) is 6.33. The second-order valence-electron chi connectivity index (χ2n) is 8.74. The maximum atomic E-state index is 12.8. The van der Waals surface area contributed by atoms with E-state index in [4.69, 9.17) is 14.0 Å². The van der Waals surface area contributed by atoms with Crippen LogP contribution in [0.4, 0.5) is 4.79 Å². The molecule has 0 radical (unpaired) electrons. The number of carbonyl (C=O) groups excluding carboxylic acids is 1. The quantitative estimate of drug-likeness (QED) is 0.633. The van der Waals surface area contributed by atoms with Gasteiger partial charge in [0.2, 0.25) is 5.71 Å². The van der Waals surface area contributed by atoms with Crippen LogP contribution in [0.25, 0.3) is 11.1 Å². The average Bonchev–Trinajstić information content (AvgIpc) is 2.79. The molecule has 1 amide bonds. The average molecular weight is 459 g/mol. The number of nitrogens with zero attached hydrogens (tertiary/aromatic N) is 2. The maximum Gasteiger partial charge on any atom is 0.407 e. The third kappa shape index (κ3) is 6.00. The van der Waals surface area contributed by atoms with Crippen molar-refractivity contribution in [2.45, 2.75) is 77.2 Å². The first-order chi connectivity index (χ1) is 16.0. The van der Waals surface area contributed by atoms with Gasteiger partial charge in [-0.15, -0.1) is 0 Å². The molecule has 2 aliphatic carbocycles. The maximum absolute atomic E-state index is 12.8. The van der Waals surface area contributed by atoms with E-state index in [0.717, 1.165) is 18.6 Å². The molecular weight excluding hydrogens is 428 g/mol. The Labute approximate surface area is 190 Å². The summed E-state index contributed by atoms with van der Waals surface area (Å²) in [6.45, 7) is 2.09. The molecule has 2 heterocycles. The Morgan fingerprint density at radius 1 is 1.21 bits per heavy atom. The molecule has 33 heavy (non-hydrogen) atoms. The summed E-state index contributed by atoms with van der Waals surface area (Å²) in [6.07, 6.45) is 8.73. The summed E-state index contributed by atoms with van der Waals surface area (Å²) in [5.41, 5.74) is 0.497. The van der Waals surface area contributed by atoms with E-state index in [-0.39, 0.29) is 17.8 Å². The van der Waals surface area contributed by atoms with Crippen LogP contribution in [-0.2, 0) is 11.2 Å². The number of amides is 1. The summed E-state index contributed by atoms with van der Waals surface area (Å²) in [5, 5.41) is 7.23. The fraction of sp³-hybridized carbons (Fsp3) is 0.609. The van der Waals surface area contributed by atoms with Gasteiger partial charge in [0.1, 0.15) is 5.39 Å². The number of fused-ring (bicyclic) bond motifs is 1. The first kappa shape index (κ1) is 23.0. The van der Waals surface area contributed by atoms with Crippen LogP contribution in [-0.4, -0.2) is 34.4 Å². The van der Waals surface area contributed by atoms with E-state index in [1.54, 1.807) is 6.92 Å². The van der Waals surface area contributed by atoms with Gasteiger partial charge in [-0.2, -0.15) is 4.98 Å². The highest BCUT2D eigenvalue weighted by Gasteiger charge is 2.21. The highest BCUT2D eigenvalue weighted by molar-refractivity contribution is 5.85. The lowest BCUT2D eigenvalue weighted by Crippen LogP contribution is -2.38.